The summed E-state index contributed by atoms with van der Waals surface area (Å²) in [6, 6.07) is 11.5. The predicted molar refractivity (Wildman–Crippen MR) is 76.6 cm³/mol. The maximum atomic E-state index is 13.7. The number of nitrogens with one attached hydrogen (secondary N) is 1. The summed E-state index contributed by atoms with van der Waals surface area (Å²) in [6.07, 6.45) is 0.407. The van der Waals surface area contributed by atoms with Crippen molar-refractivity contribution in [2.24, 2.45) is 5.84 Å². The second-order valence-electron chi connectivity index (χ2n) is 4.21. The van der Waals surface area contributed by atoms with Crippen molar-refractivity contribution >= 4 is 23.2 Å². The molecule has 0 amide bonds. The fraction of sp³-hybridized carbons (Fsp3) is 0.143. The first-order chi connectivity index (χ1) is 9.10. The monoisotopic (exact) mass is 298 g/mol. The summed E-state index contributed by atoms with van der Waals surface area (Å²) in [5.41, 5.74) is 4.14. The highest BCUT2D eigenvalue weighted by Crippen LogP contribution is 2.23. The minimum Gasteiger partial charge on any atom is -0.271 e. The van der Waals surface area contributed by atoms with Crippen molar-refractivity contribution in [1.82, 2.24) is 5.43 Å². The normalized spacial score (nSPS) is 12.4. The summed E-state index contributed by atoms with van der Waals surface area (Å²) >= 11 is 11.7. The van der Waals surface area contributed by atoms with E-state index in [9.17, 15) is 4.39 Å². The van der Waals surface area contributed by atoms with Crippen LogP contribution in [0.25, 0.3) is 0 Å². The zero-order valence-electron chi connectivity index (χ0n) is 10.0. The molecule has 0 aliphatic carbocycles. The van der Waals surface area contributed by atoms with Gasteiger partial charge in [-0.2, -0.15) is 0 Å². The van der Waals surface area contributed by atoms with Crippen molar-refractivity contribution < 1.29 is 4.39 Å². The van der Waals surface area contributed by atoms with Crippen LogP contribution in [-0.2, 0) is 6.42 Å². The Labute approximate surface area is 121 Å². The SMILES string of the molecule is NNC(Cc1cc(Cl)ccc1F)c1ccc(Cl)cc1. The van der Waals surface area contributed by atoms with E-state index in [1.54, 1.807) is 18.2 Å². The number of hydrogen-bond donors (Lipinski definition) is 2. The van der Waals surface area contributed by atoms with Crippen LogP contribution in [-0.4, -0.2) is 0 Å². The average Bonchev–Trinajstić information content (AvgIpc) is 2.41. The molecule has 2 aromatic rings. The van der Waals surface area contributed by atoms with Crippen molar-refractivity contribution in [2.45, 2.75) is 12.5 Å². The first-order valence-corrected chi connectivity index (χ1v) is 6.51. The molecule has 2 rings (SSSR count). The fourth-order valence-corrected chi connectivity index (χ4v) is 2.21. The van der Waals surface area contributed by atoms with E-state index in [1.165, 1.54) is 12.1 Å². The largest absolute Gasteiger partial charge is 0.271 e. The maximum absolute atomic E-state index is 13.7. The van der Waals surface area contributed by atoms with Gasteiger partial charge < -0.3 is 0 Å². The topological polar surface area (TPSA) is 38.0 Å². The molecule has 0 fully saturated rings. The molecule has 1 atom stereocenters. The summed E-state index contributed by atoms with van der Waals surface area (Å²) in [7, 11) is 0. The van der Waals surface area contributed by atoms with Crippen molar-refractivity contribution in [3.8, 4) is 0 Å². The van der Waals surface area contributed by atoms with E-state index in [4.69, 9.17) is 29.0 Å². The molecule has 0 aromatic heterocycles. The highest BCUT2D eigenvalue weighted by molar-refractivity contribution is 6.30. The molecule has 0 saturated heterocycles. The lowest BCUT2D eigenvalue weighted by Crippen LogP contribution is -2.29. The van der Waals surface area contributed by atoms with E-state index in [1.807, 2.05) is 12.1 Å². The van der Waals surface area contributed by atoms with Gasteiger partial charge in [0, 0.05) is 10.0 Å². The summed E-state index contributed by atoms with van der Waals surface area (Å²) in [5, 5.41) is 1.15. The van der Waals surface area contributed by atoms with Gasteiger partial charge in [-0.3, -0.25) is 11.3 Å². The van der Waals surface area contributed by atoms with Gasteiger partial charge in [0.2, 0.25) is 0 Å². The lowest BCUT2D eigenvalue weighted by atomic mass is 9.99. The molecule has 5 heteroatoms. The Kier molecular flexibility index (Phi) is 4.77. The molecule has 2 nitrogen and oxygen atoms in total. The van der Waals surface area contributed by atoms with Crippen molar-refractivity contribution in [1.29, 1.82) is 0 Å². The number of benzene rings is 2. The van der Waals surface area contributed by atoms with Gasteiger partial charge in [0.05, 0.1) is 6.04 Å². The first kappa shape index (κ1) is 14.3. The van der Waals surface area contributed by atoms with Crippen LogP contribution >= 0.6 is 23.2 Å². The van der Waals surface area contributed by atoms with E-state index in [0.717, 1.165) is 5.56 Å². The van der Waals surface area contributed by atoms with E-state index in [0.29, 0.717) is 22.0 Å². The summed E-state index contributed by atoms with van der Waals surface area (Å²) in [6.45, 7) is 0. The van der Waals surface area contributed by atoms with Crippen LogP contribution in [0.4, 0.5) is 4.39 Å². The molecule has 0 radical (unpaired) electrons. The number of halogens is 3. The molecule has 1 unspecified atom stereocenters. The second kappa shape index (κ2) is 6.35. The van der Waals surface area contributed by atoms with Gasteiger partial charge in [-0.15, -0.1) is 0 Å². The van der Waals surface area contributed by atoms with Crippen LogP contribution in [0.15, 0.2) is 42.5 Å². The second-order valence-corrected chi connectivity index (χ2v) is 5.08. The Hall–Kier alpha value is -1.13. The van der Waals surface area contributed by atoms with Crippen LogP contribution in [0, 0.1) is 5.82 Å². The third kappa shape index (κ3) is 3.67. The predicted octanol–water partition coefficient (Wildman–Crippen LogP) is 3.88. The molecule has 100 valence electrons. The van der Waals surface area contributed by atoms with Gasteiger partial charge >= 0.3 is 0 Å². The molecule has 3 N–H and O–H groups in total. The first-order valence-electron chi connectivity index (χ1n) is 5.75. The van der Waals surface area contributed by atoms with Crippen LogP contribution in [0.1, 0.15) is 17.2 Å². The molecule has 0 bridgehead atoms. The third-order valence-corrected chi connectivity index (χ3v) is 3.39. The molecule has 0 spiro atoms. The lowest BCUT2D eigenvalue weighted by Gasteiger charge is -2.17. The molecular formula is C14H13Cl2FN2. The van der Waals surface area contributed by atoms with E-state index in [-0.39, 0.29) is 11.9 Å². The Morgan fingerprint density at radius 1 is 1.05 bits per heavy atom. The van der Waals surface area contributed by atoms with Gasteiger partial charge in [-0.1, -0.05) is 35.3 Å². The fourth-order valence-electron chi connectivity index (χ4n) is 1.89. The van der Waals surface area contributed by atoms with E-state index >= 15 is 0 Å². The maximum Gasteiger partial charge on any atom is 0.126 e. The van der Waals surface area contributed by atoms with Crippen LogP contribution < -0.4 is 11.3 Å². The van der Waals surface area contributed by atoms with Gasteiger partial charge in [0.1, 0.15) is 5.82 Å². The highest BCUT2D eigenvalue weighted by Gasteiger charge is 2.13. The minimum atomic E-state index is -0.293. The zero-order valence-corrected chi connectivity index (χ0v) is 11.5. The minimum absolute atomic E-state index is 0.203. The Balaban J connectivity index is 2.23. The third-order valence-electron chi connectivity index (χ3n) is 2.91. The van der Waals surface area contributed by atoms with Crippen molar-refractivity contribution in [3.63, 3.8) is 0 Å². The van der Waals surface area contributed by atoms with E-state index < -0.39 is 0 Å². The van der Waals surface area contributed by atoms with Gasteiger partial charge in [-0.05, 0) is 47.9 Å². The summed E-state index contributed by atoms with van der Waals surface area (Å²) in [5.74, 6) is 5.25. The Morgan fingerprint density at radius 3 is 2.32 bits per heavy atom. The van der Waals surface area contributed by atoms with Gasteiger partial charge in [0.25, 0.3) is 0 Å². The van der Waals surface area contributed by atoms with E-state index in [2.05, 4.69) is 5.43 Å². The Bertz CT molecular complexity index is 558. The lowest BCUT2D eigenvalue weighted by molar-refractivity contribution is 0.529. The number of hydrazine groups is 1. The standard InChI is InChI=1S/C14H13Cl2FN2/c15-11-3-1-9(2-4-11)14(19-18)8-10-7-12(16)5-6-13(10)17/h1-7,14,19H,8,18H2. The molecule has 0 aliphatic rings. The van der Waals surface area contributed by atoms with Gasteiger partial charge in [-0.25, -0.2) is 4.39 Å². The van der Waals surface area contributed by atoms with Crippen LogP contribution in [0.2, 0.25) is 10.0 Å². The van der Waals surface area contributed by atoms with Crippen molar-refractivity contribution in [2.75, 3.05) is 0 Å². The van der Waals surface area contributed by atoms with Gasteiger partial charge in [0.15, 0.2) is 0 Å². The Morgan fingerprint density at radius 2 is 1.68 bits per heavy atom. The summed E-state index contributed by atoms with van der Waals surface area (Å²) < 4.78 is 13.7. The number of rotatable bonds is 4. The molecule has 19 heavy (non-hydrogen) atoms. The van der Waals surface area contributed by atoms with Crippen LogP contribution in [0.5, 0.6) is 0 Å². The zero-order chi connectivity index (χ0) is 13.8. The number of hydrogen-bond acceptors (Lipinski definition) is 2. The smallest absolute Gasteiger partial charge is 0.126 e. The summed E-state index contributed by atoms with van der Waals surface area (Å²) in [4.78, 5) is 0. The molecular weight excluding hydrogens is 286 g/mol. The number of nitrogens with two attached hydrogens (primary N) is 1. The molecule has 0 saturated carbocycles. The van der Waals surface area contributed by atoms with Crippen molar-refractivity contribution in [3.05, 3.63) is 69.5 Å². The molecule has 0 aliphatic heterocycles. The quantitative estimate of drug-likeness (QED) is 0.664. The molecule has 2 aromatic carbocycles. The van der Waals surface area contributed by atoms with Crippen LogP contribution in [0.3, 0.4) is 0 Å². The molecule has 0 heterocycles. The average molecular weight is 299 g/mol. The highest BCUT2D eigenvalue weighted by atomic mass is 35.5.